The standard InChI is InChI=1S/C20H32O3/c1-4-5-7-13-18-19(23-20(2,3)22-18)14-10-15-21-16-17-11-8-6-9-12-17/h6,8-9,11-12,18-19H,4-5,7,10,13-16H2,1-3H3/t18-,19+/m1/s1. The van der Waals surface area contributed by atoms with Crippen molar-refractivity contribution in [1.82, 2.24) is 0 Å². The van der Waals surface area contributed by atoms with E-state index in [4.69, 9.17) is 14.2 Å². The Morgan fingerprint density at radius 1 is 0.957 bits per heavy atom. The van der Waals surface area contributed by atoms with Crippen molar-refractivity contribution < 1.29 is 14.2 Å². The fourth-order valence-corrected chi connectivity index (χ4v) is 3.14. The molecule has 0 aliphatic carbocycles. The Morgan fingerprint density at radius 3 is 2.26 bits per heavy atom. The molecule has 2 rings (SSSR count). The van der Waals surface area contributed by atoms with Gasteiger partial charge in [-0.2, -0.15) is 0 Å². The van der Waals surface area contributed by atoms with Crippen molar-refractivity contribution in [3.8, 4) is 0 Å². The lowest BCUT2D eigenvalue weighted by Crippen LogP contribution is -2.23. The first kappa shape index (κ1) is 18.4. The number of ether oxygens (including phenoxy) is 3. The van der Waals surface area contributed by atoms with E-state index in [0.29, 0.717) is 6.61 Å². The maximum Gasteiger partial charge on any atom is 0.163 e. The third-order valence-electron chi connectivity index (χ3n) is 4.27. The summed E-state index contributed by atoms with van der Waals surface area (Å²) in [6, 6.07) is 10.3. The Hall–Kier alpha value is -0.900. The van der Waals surface area contributed by atoms with Gasteiger partial charge < -0.3 is 14.2 Å². The van der Waals surface area contributed by atoms with E-state index < -0.39 is 5.79 Å². The summed E-state index contributed by atoms with van der Waals surface area (Å²) in [5.74, 6) is -0.438. The van der Waals surface area contributed by atoms with E-state index in [1.54, 1.807) is 0 Å². The molecule has 0 bridgehead atoms. The molecule has 0 saturated carbocycles. The lowest BCUT2D eigenvalue weighted by molar-refractivity contribution is -0.147. The Morgan fingerprint density at radius 2 is 1.61 bits per heavy atom. The van der Waals surface area contributed by atoms with Crippen LogP contribution in [-0.2, 0) is 20.8 Å². The van der Waals surface area contributed by atoms with Crippen LogP contribution in [0.5, 0.6) is 0 Å². The zero-order valence-electron chi connectivity index (χ0n) is 14.9. The molecule has 1 aromatic rings. The Balaban J connectivity index is 1.66. The van der Waals surface area contributed by atoms with Crippen LogP contribution in [0.1, 0.15) is 64.9 Å². The van der Waals surface area contributed by atoms with Crippen molar-refractivity contribution in [2.75, 3.05) is 6.61 Å². The van der Waals surface area contributed by atoms with Crippen molar-refractivity contribution in [3.05, 3.63) is 35.9 Å². The molecule has 0 aromatic heterocycles. The number of hydrogen-bond acceptors (Lipinski definition) is 3. The zero-order chi connectivity index (χ0) is 16.5. The third-order valence-corrected chi connectivity index (χ3v) is 4.27. The lowest BCUT2D eigenvalue weighted by atomic mass is 10.0. The molecule has 0 N–H and O–H groups in total. The Kier molecular flexibility index (Phi) is 7.54. The molecule has 1 aromatic carbocycles. The van der Waals surface area contributed by atoms with Gasteiger partial charge in [0.05, 0.1) is 18.8 Å². The Labute approximate surface area is 141 Å². The maximum atomic E-state index is 6.08. The molecule has 0 spiro atoms. The van der Waals surface area contributed by atoms with Gasteiger partial charge in [0.2, 0.25) is 0 Å². The van der Waals surface area contributed by atoms with Crippen molar-refractivity contribution >= 4 is 0 Å². The van der Waals surface area contributed by atoms with Crippen molar-refractivity contribution in [1.29, 1.82) is 0 Å². The van der Waals surface area contributed by atoms with Crippen LogP contribution < -0.4 is 0 Å². The summed E-state index contributed by atoms with van der Waals surface area (Å²) < 4.78 is 17.9. The second-order valence-corrected chi connectivity index (χ2v) is 6.89. The molecular weight excluding hydrogens is 288 g/mol. The SMILES string of the molecule is CCCCC[C@H]1OC(C)(C)O[C@H]1CCCOCc1ccccc1. The largest absolute Gasteiger partial charge is 0.377 e. The molecule has 1 aliphatic heterocycles. The zero-order valence-corrected chi connectivity index (χ0v) is 14.9. The molecule has 1 heterocycles. The van der Waals surface area contributed by atoms with Gasteiger partial charge in [0, 0.05) is 6.61 Å². The van der Waals surface area contributed by atoms with Crippen LogP contribution in [0.25, 0.3) is 0 Å². The van der Waals surface area contributed by atoms with Crippen LogP contribution in [0.3, 0.4) is 0 Å². The molecule has 130 valence electrons. The van der Waals surface area contributed by atoms with Crippen LogP contribution >= 0.6 is 0 Å². The first-order chi connectivity index (χ1) is 11.1. The van der Waals surface area contributed by atoms with Crippen LogP contribution in [0.15, 0.2) is 30.3 Å². The van der Waals surface area contributed by atoms with Crippen LogP contribution in [0.2, 0.25) is 0 Å². The van der Waals surface area contributed by atoms with Gasteiger partial charge >= 0.3 is 0 Å². The molecule has 1 fully saturated rings. The summed E-state index contributed by atoms with van der Waals surface area (Å²) in [5.41, 5.74) is 1.23. The minimum atomic E-state index is -0.438. The summed E-state index contributed by atoms with van der Waals surface area (Å²) in [5, 5.41) is 0. The third kappa shape index (κ3) is 6.62. The van der Waals surface area contributed by atoms with Crippen LogP contribution in [0.4, 0.5) is 0 Å². The summed E-state index contributed by atoms with van der Waals surface area (Å²) in [6.07, 6.45) is 7.32. The lowest BCUT2D eigenvalue weighted by Gasteiger charge is -2.16. The quantitative estimate of drug-likeness (QED) is 0.562. The van der Waals surface area contributed by atoms with Crippen molar-refractivity contribution in [2.45, 2.75) is 83.9 Å². The second-order valence-electron chi connectivity index (χ2n) is 6.89. The fraction of sp³-hybridized carbons (Fsp3) is 0.700. The monoisotopic (exact) mass is 320 g/mol. The van der Waals surface area contributed by atoms with E-state index in [1.807, 2.05) is 32.0 Å². The average Bonchev–Trinajstić information content (AvgIpc) is 2.82. The van der Waals surface area contributed by atoms with Gasteiger partial charge in [-0.05, 0) is 38.7 Å². The highest BCUT2D eigenvalue weighted by atomic mass is 16.7. The van der Waals surface area contributed by atoms with Gasteiger partial charge in [-0.15, -0.1) is 0 Å². The molecular formula is C20H32O3. The maximum absolute atomic E-state index is 6.08. The fourth-order valence-electron chi connectivity index (χ4n) is 3.14. The van der Waals surface area contributed by atoms with Gasteiger partial charge in [0.1, 0.15) is 0 Å². The molecule has 23 heavy (non-hydrogen) atoms. The molecule has 2 atom stereocenters. The molecule has 1 saturated heterocycles. The number of rotatable bonds is 10. The smallest absolute Gasteiger partial charge is 0.163 e. The summed E-state index contributed by atoms with van der Waals surface area (Å²) in [6.45, 7) is 7.74. The highest BCUT2D eigenvalue weighted by molar-refractivity contribution is 5.13. The summed E-state index contributed by atoms with van der Waals surface area (Å²) >= 11 is 0. The average molecular weight is 320 g/mol. The van der Waals surface area contributed by atoms with Gasteiger partial charge in [0.15, 0.2) is 5.79 Å². The molecule has 3 nitrogen and oxygen atoms in total. The highest BCUT2D eigenvalue weighted by Crippen LogP contribution is 2.33. The predicted molar refractivity (Wildman–Crippen MR) is 93.3 cm³/mol. The number of unbranched alkanes of at least 4 members (excludes halogenated alkanes) is 2. The van der Waals surface area contributed by atoms with E-state index >= 15 is 0 Å². The van der Waals surface area contributed by atoms with Crippen LogP contribution in [-0.4, -0.2) is 24.6 Å². The minimum absolute atomic E-state index is 0.210. The molecule has 0 amide bonds. The number of hydrogen-bond donors (Lipinski definition) is 0. The molecule has 3 heteroatoms. The molecule has 0 unspecified atom stereocenters. The predicted octanol–water partition coefficient (Wildman–Crippen LogP) is 5.08. The highest BCUT2D eigenvalue weighted by Gasteiger charge is 2.40. The first-order valence-electron chi connectivity index (χ1n) is 9.08. The van der Waals surface area contributed by atoms with Gasteiger partial charge in [-0.1, -0.05) is 56.5 Å². The molecule has 1 aliphatic rings. The van der Waals surface area contributed by atoms with E-state index in [-0.39, 0.29) is 12.2 Å². The summed E-state index contributed by atoms with van der Waals surface area (Å²) in [7, 11) is 0. The second kappa shape index (κ2) is 9.41. The topological polar surface area (TPSA) is 27.7 Å². The normalized spacial score (nSPS) is 23.3. The summed E-state index contributed by atoms with van der Waals surface area (Å²) in [4.78, 5) is 0. The van der Waals surface area contributed by atoms with Crippen molar-refractivity contribution in [3.63, 3.8) is 0 Å². The van der Waals surface area contributed by atoms with E-state index in [0.717, 1.165) is 25.9 Å². The van der Waals surface area contributed by atoms with E-state index in [9.17, 15) is 0 Å². The van der Waals surface area contributed by atoms with E-state index in [1.165, 1.54) is 24.8 Å². The van der Waals surface area contributed by atoms with Gasteiger partial charge in [-0.25, -0.2) is 0 Å². The number of benzene rings is 1. The molecule has 0 radical (unpaired) electrons. The van der Waals surface area contributed by atoms with Gasteiger partial charge in [-0.3, -0.25) is 0 Å². The minimum Gasteiger partial charge on any atom is -0.377 e. The van der Waals surface area contributed by atoms with E-state index in [2.05, 4.69) is 19.1 Å². The van der Waals surface area contributed by atoms with Crippen molar-refractivity contribution in [2.24, 2.45) is 0 Å². The first-order valence-corrected chi connectivity index (χ1v) is 9.08. The van der Waals surface area contributed by atoms with Crippen LogP contribution in [0, 0.1) is 0 Å². The Bertz CT molecular complexity index is 430. The van der Waals surface area contributed by atoms with Gasteiger partial charge in [0.25, 0.3) is 0 Å².